The van der Waals surface area contributed by atoms with E-state index in [1.807, 2.05) is 0 Å². The minimum Gasteiger partial charge on any atom is -0.494 e. The summed E-state index contributed by atoms with van der Waals surface area (Å²) in [5.74, 6) is 4.76. The summed E-state index contributed by atoms with van der Waals surface area (Å²) in [6.45, 7) is 1.69. The van der Waals surface area contributed by atoms with Crippen LogP contribution in [0.3, 0.4) is 0 Å². The van der Waals surface area contributed by atoms with Gasteiger partial charge in [-0.15, -0.1) is 0 Å². The summed E-state index contributed by atoms with van der Waals surface area (Å²) >= 11 is 0. The minimum atomic E-state index is -1.21. The molecule has 0 aliphatic heterocycles. The van der Waals surface area contributed by atoms with Crippen LogP contribution in [0.2, 0.25) is 0 Å². The Balaban J connectivity index is 3.01. The van der Waals surface area contributed by atoms with Crippen molar-refractivity contribution in [1.82, 2.24) is 5.43 Å². The summed E-state index contributed by atoms with van der Waals surface area (Å²) in [7, 11) is 1.39. The van der Waals surface area contributed by atoms with Gasteiger partial charge in [0.05, 0.1) is 7.11 Å². The third-order valence-corrected chi connectivity index (χ3v) is 2.22. The summed E-state index contributed by atoms with van der Waals surface area (Å²) < 4.78 is 18.1. The van der Waals surface area contributed by atoms with E-state index in [0.29, 0.717) is 5.56 Å². The molecule has 4 N–H and O–H groups in total. The molecule has 0 aliphatic rings. The molecule has 1 aromatic rings. The Kier molecular flexibility index (Phi) is 3.62. The van der Waals surface area contributed by atoms with Gasteiger partial charge in [-0.3, -0.25) is 11.3 Å². The summed E-state index contributed by atoms with van der Waals surface area (Å²) in [5, 5.41) is 9.92. The highest BCUT2D eigenvalue weighted by Gasteiger charge is 2.23. The highest BCUT2D eigenvalue weighted by Crippen LogP contribution is 2.25. The van der Waals surface area contributed by atoms with Crippen LogP contribution in [-0.4, -0.2) is 18.8 Å². The maximum absolute atomic E-state index is 13.3. The predicted molar refractivity (Wildman–Crippen MR) is 54.7 cm³/mol. The molecule has 84 valence electrons. The normalized spacial score (nSPS) is 14.7. The number of aliphatic hydroxyl groups is 1. The largest absolute Gasteiger partial charge is 0.494 e. The number of hydrogen-bond donors (Lipinski definition) is 3. The average molecular weight is 214 g/mol. The smallest absolute Gasteiger partial charge is 0.165 e. The lowest BCUT2D eigenvalue weighted by Crippen LogP contribution is -2.38. The predicted octanol–water partition coefficient (Wildman–Crippen LogP) is 0.505. The lowest BCUT2D eigenvalue weighted by atomic mass is 9.96. The van der Waals surface area contributed by atoms with Crippen molar-refractivity contribution in [2.24, 2.45) is 5.84 Å². The van der Waals surface area contributed by atoms with Crippen LogP contribution in [0.25, 0.3) is 0 Å². The fourth-order valence-corrected chi connectivity index (χ4v) is 1.30. The van der Waals surface area contributed by atoms with E-state index in [1.165, 1.54) is 19.2 Å². The summed E-state index contributed by atoms with van der Waals surface area (Å²) in [5.41, 5.74) is 1.59. The second-order valence-electron chi connectivity index (χ2n) is 3.50. The van der Waals surface area contributed by atoms with Crippen molar-refractivity contribution in [3.8, 4) is 5.75 Å². The molecule has 0 bridgehead atoms. The highest BCUT2D eigenvalue weighted by atomic mass is 19.1. The molecule has 4 nitrogen and oxygen atoms in total. The molecule has 1 atom stereocenters. The zero-order chi connectivity index (χ0) is 11.5. The summed E-state index contributed by atoms with van der Waals surface area (Å²) in [6.07, 6.45) is 0. The van der Waals surface area contributed by atoms with Crippen LogP contribution in [0.5, 0.6) is 5.75 Å². The van der Waals surface area contributed by atoms with E-state index in [9.17, 15) is 9.50 Å². The Morgan fingerprint density at radius 2 is 2.27 bits per heavy atom. The SMILES string of the molecule is COc1ccc(C(C)(O)CNN)cc1F. The van der Waals surface area contributed by atoms with Gasteiger partial charge in [0.15, 0.2) is 11.6 Å². The molecule has 0 spiro atoms. The van der Waals surface area contributed by atoms with Gasteiger partial charge in [0.25, 0.3) is 0 Å². The van der Waals surface area contributed by atoms with E-state index < -0.39 is 11.4 Å². The first-order valence-electron chi connectivity index (χ1n) is 4.51. The Hall–Kier alpha value is -1.17. The lowest BCUT2D eigenvalue weighted by molar-refractivity contribution is 0.0568. The van der Waals surface area contributed by atoms with Crippen LogP contribution in [0.15, 0.2) is 18.2 Å². The van der Waals surface area contributed by atoms with Gasteiger partial charge >= 0.3 is 0 Å². The molecule has 0 amide bonds. The van der Waals surface area contributed by atoms with Gasteiger partial charge in [-0.05, 0) is 24.6 Å². The van der Waals surface area contributed by atoms with Gasteiger partial charge in [-0.1, -0.05) is 6.07 Å². The van der Waals surface area contributed by atoms with Crippen molar-refractivity contribution in [1.29, 1.82) is 0 Å². The van der Waals surface area contributed by atoms with Crippen molar-refractivity contribution in [3.05, 3.63) is 29.6 Å². The molecule has 0 fully saturated rings. The van der Waals surface area contributed by atoms with Crippen molar-refractivity contribution >= 4 is 0 Å². The molecule has 0 saturated carbocycles. The maximum atomic E-state index is 13.3. The van der Waals surface area contributed by atoms with Crippen molar-refractivity contribution < 1.29 is 14.2 Å². The van der Waals surface area contributed by atoms with Crippen LogP contribution in [0.4, 0.5) is 4.39 Å². The average Bonchev–Trinajstić information content (AvgIpc) is 2.17. The second-order valence-corrected chi connectivity index (χ2v) is 3.50. The van der Waals surface area contributed by atoms with Crippen LogP contribution >= 0.6 is 0 Å². The van der Waals surface area contributed by atoms with Gasteiger partial charge in [0, 0.05) is 6.54 Å². The standard InChI is InChI=1S/C10H15FN2O2/c1-10(14,6-13-12)7-3-4-9(15-2)8(11)5-7/h3-5,13-14H,6,12H2,1-2H3. The van der Waals surface area contributed by atoms with E-state index in [1.54, 1.807) is 13.0 Å². The number of hydrazine groups is 1. The molecule has 0 aromatic heterocycles. The number of nitrogens with two attached hydrogens (primary N) is 1. The van der Waals surface area contributed by atoms with E-state index in [0.717, 1.165) is 0 Å². The first kappa shape index (κ1) is 11.9. The van der Waals surface area contributed by atoms with Gasteiger partial charge in [0.2, 0.25) is 0 Å². The Labute approximate surface area is 87.8 Å². The van der Waals surface area contributed by atoms with E-state index in [2.05, 4.69) is 5.43 Å². The fraction of sp³-hybridized carbons (Fsp3) is 0.400. The first-order valence-corrected chi connectivity index (χ1v) is 4.51. The molecule has 1 unspecified atom stereocenters. The van der Waals surface area contributed by atoms with E-state index >= 15 is 0 Å². The molecule has 15 heavy (non-hydrogen) atoms. The van der Waals surface area contributed by atoms with Crippen molar-refractivity contribution in [2.75, 3.05) is 13.7 Å². The lowest BCUT2D eigenvalue weighted by Gasteiger charge is -2.23. The first-order chi connectivity index (χ1) is 7.01. The molecule has 0 radical (unpaired) electrons. The second kappa shape index (κ2) is 4.57. The van der Waals surface area contributed by atoms with Crippen molar-refractivity contribution in [3.63, 3.8) is 0 Å². The van der Waals surface area contributed by atoms with Gasteiger partial charge < -0.3 is 9.84 Å². The van der Waals surface area contributed by atoms with Crippen LogP contribution < -0.4 is 16.0 Å². The Morgan fingerprint density at radius 1 is 1.60 bits per heavy atom. The zero-order valence-electron chi connectivity index (χ0n) is 8.75. The minimum absolute atomic E-state index is 0.138. The number of rotatable bonds is 4. The Morgan fingerprint density at radius 3 is 2.73 bits per heavy atom. The monoisotopic (exact) mass is 214 g/mol. The molecule has 0 aliphatic carbocycles. The summed E-state index contributed by atoms with van der Waals surface area (Å²) in [6, 6.07) is 4.30. The number of ether oxygens (including phenoxy) is 1. The molecule has 0 heterocycles. The number of methoxy groups -OCH3 is 1. The van der Waals surface area contributed by atoms with Gasteiger partial charge in [-0.25, -0.2) is 4.39 Å². The summed E-state index contributed by atoms with van der Waals surface area (Å²) in [4.78, 5) is 0. The molecule has 0 saturated heterocycles. The molecule has 1 aromatic carbocycles. The third-order valence-electron chi connectivity index (χ3n) is 2.22. The van der Waals surface area contributed by atoms with Gasteiger partial charge in [0.1, 0.15) is 5.60 Å². The van der Waals surface area contributed by atoms with E-state index in [-0.39, 0.29) is 12.3 Å². The Bertz CT molecular complexity index is 342. The third kappa shape index (κ3) is 2.65. The van der Waals surface area contributed by atoms with Gasteiger partial charge in [-0.2, -0.15) is 0 Å². The maximum Gasteiger partial charge on any atom is 0.165 e. The van der Waals surface area contributed by atoms with Crippen LogP contribution in [0.1, 0.15) is 12.5 Å². The topological polar surface area (TPSA) is 67.5 Å². The number of benzene rings is 1. The molecular weight excluding hydrogens is 199 g/mol. The number of halogens is 1. The number of nitrogens with one attached hydrogen (secondary N) is 1. The zero-order valence-corrected chi connectivity index (χ0v) is 8.75. The molecule has 1 rings (SSSR count). The van der Waals surface area contributed by atoms with Crippen LogP contribution in [-0.2, 0) is 5.60 Å². The highest BCUT2D eigenvalue weighted by molar-refractivity contribution is 5.32. The van der Waals surface area contributed by atoms with Crippen LogP contribution in [0, 0.1) is 5.82 Å². The fourth-order valence-electron chi connectivity index (χ4n) is 1.30. The quantitative estimate of drug-likeness (QED) is 0.504. The molecule has 5 heteroatoms. The molecular formula is C10H15FN2O2. The van der Waals surface area contributed by atoms with E-state index in [4.69, 9.17) is 10.6 Å². The van der Waals surface area contributed by atoms with Crippen molar-refractivity contribution in [2.45, 2.75) is 12.5 Å². The number of hydrogen-bond acceptors (Lipinski definition) is 4.